The molecular formula is C22H33N2O5P. The van der Waals surface area contributed by atoms with E-state index in [4.69, 9.17) is 20.3 Å². The molecule has 1 unspecified atom stereocenters. The Morgan fingerprint density at radius 1 is 1.03 bits per heavy atom. The number of rotatable bonds is 12. The van der Waals surface area contributed by atoms with Crippen LogP contribution in [0.25, 0.3) is 0 Å². The number of carbonyl (C=O) groups is 1. The molecule has 0 aliphatic heterocycles. The van der Waals surface area contributed by atoms with Gasteiger partial charge in [-0.15, -0.1) is 0 Å². The molecule has 1 amide bonds. The molecule has 7 nitrogen and oxygen atoms in total. The molecule has 2 rings (SSSR count). The third-order valence-electron chi connectivity index (χ3n) is 4.05. The molecule has 0 aliphatic rings. The maximum atomic E-state index is 11.9. The fraction of sp³-hybridized carbons (Fsp3) is 0.409. The van der Waals surface area contributed by atoms with Crippen molar-refractivity contribution in [2.45, 2.75) is 45.6 Å². The van der Waals surface area contributed by atoms with Crippen molar-refractivity contribution in [2.24, 2.45) is 5.73 Å². The Morgan fingerprint density at radius 3 is 2.33 bits per heavy atom. The first-order valence-corrected chi connectivity index (χ1v) is 11.3. The Kier molecular flexibility index (Phi) is 13.7. The number of hydrogen-bond donors (Lipinski definition) is 4. The van der Waals surface area contributed by atoms with Gasteiger partial charge in [0.25, 0.3) is 0 Å². The van der Waals surface area contributed by atoms with Crippen molar-refractivity contribution >= 4 is 20.2 Å². The van der Waals surface area contributed by atoms with Crippen LogP contribution in [0.5, 0.6) is 5.75 Å². The molecule has 0 fully saturated rings. The number of nitrogens with two attached hydrogens (primary N) is 1. The van der Waals surface area contributed by atoms with Gasteiger partial charge in [0.05, 0.1) is 13.2 Å². The van der Waals surface area contributed by atoms with E-state index in [9.17, 15) is 4.79 Å². The molecule has 0 saturated heterocycles. The zero-order valence-corrected chi connectivity index (χ0v) is 18.6. The van der Waals surface area contributed by atoms with E-state index in [1.165, 1.54) is 5.56 Å². The Labute approximate surface area is 180 Å². The summed E-state index contributed by atoms with van der Waals surface area (Å²) in [6.07, 6.45) is 4.31. The van der Waals surface area contributed by atoms with Crippen LogP contribution in [-0.4, -0.2) is 34.9 Å². The van der Waals surface area contributed by atoms with E-state index >= 15 is 0 Å². The highest BCUT2D eigenvalue weighted by Crippen LogP contribution is 2.24. The summed E-state index contributed by atoms with van der Waals surface area (Å²) in [5.74, 6) is 0.267. The molecule has 1 atom stereocenters. The van der Waals surface area contributed by atoms with Crippen LogP contribution in [0.3, 0.4) is 0 Å². The maximum absolute atomic E-state index is 11.9. The smallest absolute Gasteiger partial charge is 0.327 e. The van der Waals surface area contributed by atoms with Gasteiger partial charge < -0.3 is 30.1 Å². The molecule has 2 aromatic rings. The molecule has 8 heteroatoms. The van der Waals surface area contributed by atoms with Crippen LogP contribution < -0.4 is 15.8 Å². The van der Waals surface area contributed by atoms with Gasteiger partial charge in [0.2, 0.25) is 5.91 Å². The minimum absolute atomic E-state index is 0.268. The van der Waals surface area contributed by atoms with Gasteiger partial charge in [0.1, 0.15) is 11.8 Å². The molecule has 2 aromatic carbocycles. The van der Waals surface area contributed by atoms with Crippen LogP contribution in [-0.2, 0) is 15.7 Å². The highest BCUT2D eigenvalue weighted by molar-refractivity contribution is 7.39. The SMILES string of the molecule is CC.NC(COP(O)O)C(=O)Nc1ccc(OCCCCCc2ccccc2)cc1. The lowest BCUT2D eigenvalue weighted by Gasteiger charge is -2.13. The normalized spacial score (nSPS) is 11.4. The maximum Gasteiger partial charge on any atom is 0.327 e. The summed E-state index contributed by atoms with van der Waals surface area (Å²) >= 11 is 0. The Bertz CT molecular complexity index is 698. The fourth-order valence-electron chi connectivity index (χ4n) is 2.53. The number of carbonyl (C=O) groups excluding carboxylic acids is 1. The minimum atomic E-state index is -2.52. The lowest BCUT2D eigenvalue weighted by molar-refractivity contribution is -0.118. The summed E-state index contributed by atoms with van der Waals surface area (Å²) in [6.45, 7) is 4.38. The number of unbranched alkanes of at least 4 members (excludes halogenated alkanes) is 2. The molecule has 0 bridgehead atoms. The topological polar surface area (TPSA) is 114 Å². The number of anilines is 1. The first kappa shape index (κ1) is 26.0. The molecule has 30 heavy (non-hydrogen) atoms. The molecule has 0 saturated carbocycles. The van der Waals surface area contributed by atoms with Crippen molar-refractivity contribution < 1.29 is 23.8 Å². The molecule has 0 spiro atoms. The number of amides is 1. The number of nitrogens with one attached hydrogen (secondary N) is 1. The Hall–Kier alpha value is -2.02. The second kappa shape index (κ2) is 15.8. The average molecular weight is 436 g/mol. The summed E-state index contributed by atoms with van der Waals surface area (Å²) in [7, 11) is -2.52. The third-order valence-corrected chi connectivity index (χ3v) is 4.43. The monoisotopic (exact) mass is 436 g/mol. The Morgan fingerprint density at radius 2 is 1.70 bits per heavy atom. The van der Waals surface area contributed by atoms with Crippen molar-refractivity contribution in [3.63, 3.8) is 0 Å². The van der Waals surface area contributed by atoms with Gasteiger partial charge in [0, 0.05) is 5.69 Å². The fourth-order valence-corrected chi connectivity index (χ4v) is 2.83. The zero-order valence-electron chi connectivity index (χ0n) is 17.7. The van der Waals surface area contributed by atoms with Crippen molar-refractivity contribution in [2.75, 3.05) is 18.5 Å². The van der Waals surface area contributed by atoms with E-state index in [-0.39, 0.29) is 6.61 Å². The molecule has 0 radical (unpaired) electrons. The van der Waals surface area contributed by atoms with Crippen LogP contribution in [0, 0.1) is 0 Å². The standard InChI is InChI=1S/C20H27N2O5P.C2H6/c21-19(15-27-28(24)25)20(23)22-17-10-12-18(13-11-17)26-14-6-2-5-9-16-7-3-1-4-8-16;1-2/h1,3-4,7-8,10-13,19,24-25H,2,5-6,9,14-15,21H2,(H,22,23);1-2H3. The third kappa shape index (κ3) is 11.2. The highest BCUT2D eigenvalue weighted by atomic mass is 31.2. The van der Waals surface area contributed by atoms with Gasteiger partial charge >= 0.3 is 8.60 Å². The largest absolute Gasteiger partial charge is 0.494 e. The lowest BCUT2D eigenvalue weighted by Crippen LogP contribution is -2.39. The molecule has 166 valence electrons. The molecular weight excluding hydrogens is 403 g/mol. The van der Waals surface area contributed by atoms with E-state index in [1.54, 1.807) is 24.3 Å². The van der Waals surface area contributed by atoms with Crippen LogP contribution in [0.2, 0.25) is 0 Å². The highest BCUT2D eigenvalue weighted by Gasteiger charge is 2.15. The summed E-state index contributed by atoms with van der Waals surface area (Å²) < 4.78 is 10.3. The van der Waals surface area contributed by atoms with Gasteiger partial charge in [-0.25, -0.2) is 0 Å². The summed E-state index contributed by atoms with van der Waals surface area (Å²) in [5, 5.41) is 2.64. The number of ether oxygens (including phenoxy) is 1. The van der Waals surface area contributed by atoms with E-state index in [1.807, 2.05) is 19.9 Å². The van der Waals surface area contributed by atoms with Gasteiger partial charge in [-0.05, 0) is 55.5 Å². The second-order valence-corrected chi connectivity index (χ2v) is 7.08. The van der Waals surface area contributed by atoms with Crippen molar-refractivity contribution in [3.05, 3.63) is 60.2 Å². The predicted octanol–water partition coefficient (Wildman–Crippen LogP) is 4.00. The van der Waals surface area contributed by atoms with Crippen molar-refractivity contribution in [1.82, 2.24) is 0 Å². The second-order valence-electron chi connectivity index (χ2n) is 6.31. The van der Waals surface area contributed by atoms with E-state index < -0.39 is 20.6 Å². The van der Waals surface area contributed by atoms with Crippen molar-refractivity contribution in [3.8, 4) is 5.75 Å². The predicted molar refractivity (Wildman–Crippen MR) is 121 cm³/mol. The lowest BCUT2D eigenvalue weighted by atomic mass is 10.1. The van der Waals surface area contributed by atoms with E-state index in [2.05, 4.69) is 34.1 Å². The van der Waals surface area contributed by atoms with Crippen LogP contribution >= 0.6 is 8.60 Å². The van der Waals surface area contributed by atoms with Gasteiger partial charge in [-0.1, -0.05) is 44.2 Å². The molecule has 0 aliphatic carbocycles. The van der Waals surface area contributed by atoms with E-state index in [0.29, 0.717) is 12.3 Å². The zero-order chi connectivity index (χ0) is 22.2. The summed E-state index contributed by atoms with van der Waals surface area (Å²) in [6, 6.07) is 16.5. The first-order valence-electron chi connectivity index (χ1n) is 10.2. The number of aryl methyl sites for hydroxylation is 1. The van der Waals surface area contributed by atoms with Gasteiger partial charge in [0.15, 0.2) is 0 Å². The van der Waals surface area contributed by atoms with Gasteiger partial charge in [-0.3, -0.25) is 4.79 Å². The first-order chi connectivity index (χ1) is 14.5. The molecule has 0 aromatic heterocycles. The summed E-state index contributed by atoms with van der Waals surface area (Å²) in [4.78, 5) is 29.2. The van der Waals surface area contributed by atoms with E-state index in [0.717, 1.165) is 31.4 Å². The van der Waals surface area contributed by atoms with Crippen LogP contribution in [0.1, 0.15) is 38.7 Å². The molecule has 0 heterocycles. The van der Waals surface area contributed by atoms with Crippen LogP contribution in [0.15, 0.2) is 54.6 Å². The number of hydrogen-bond acceptors (Lipinski definition) is 6. The van der Waals surface area contributed by atoms with Crippen LogP contribution in [0.4, 0.5) is 5.69 Å². The Balaban J connectivity index is 0.00000218. The average Bonchev–Trinajstić information content (AvgIpc) is 2.77. The van der Waals surface area contributed by atoms with Gasteiger partial charge in [-0.2, -0.15) is 0 Å². The quantitative estimate of drug-likeness (QED) is 0.295. The minimum Gasteiger partial charge on any atom is -0.494 e. The number of benzene rings is 2. The van der Waals surface area contributed by atoms with Crippen molar-refractivity contribution in [1.29, 1.82) is 0 Å². The molecule has 5 N–H and O–H groups in total. The summed E-state index contributed by atoms with van der Waals surface area (Å²) in [5.41, 5.74) is 7.55.